The van der Waals surface area contributed by atoms with Gasteiger partial charge in [-0.2, -0.15) is 0 Å². The fourth-order valence-corrected chi connectivity index (χ4v) is 5.46. The zero-order valence-corrected chi connectivity index (χ0v) is 22.2. The Kier molecular flexibility index (Phi) is 7.76. The summed E-state index contributed by atoms with van der Waals surface area (Å²) in [7, 11) is -3.78. The molecule has 4 rings (SSSR count). The molecule has 1 aliphatic heterocycles. The van der Waals surface area contributed by atoms with E-state index in [1.165, 1.54) is 28.9 Å². The number of aryl methyl sites for hydroxylation is 2. The minimum absolute atomic E-state index is 0.0869. The van der Waals surface area contributed by atoms with Gasteiger partial charge in [0.1, 0.15) is 5.75 Å². The van der Waals surface area contributed by atoms with Gasteiger partial charge in [-0.05, 0) is 86.0 Å². The smallest absolute Gasteiger partial charge is 0.261 e. The Morgan fingerprint density at radius 3 is 2.31 bits per heavy atom. The molecule has 1 amide bonds. The van der Waals surface area contributed by atoms with Gasteiger partial charge in [0.2, 0.25) is 0 Å². The fraction of sp³-hybridized carbons (Fsp3) is 0.296. The van der Waals surface area contributed by atoms with Crippen molar-refractivity contribution in [2.75, 3.05) is 42.4 Å². The van der Waals surface area contributed by atoms with Crippen LogP contribution in [0.4, 0.5) is 11.4 Å². The second-order valence-corrected chi connectivity index (χ2v) is 11.0. The summed E-state index contributed by atoms with van der Waals surface area (Å²) in [6.07, 6.45) is 0. The van der Waals surface area contributed by atoms with Crippen molar-refractivity contribution in [3.8, 4) is 5.75 Å². The number of halogens is 1. The first kappa shape index (κ1) is 25.9. The lowest BCUT2D eigenvalue weighted by atomic mass is 10.1. The summed E-state index contributed by atoms with van der Waals surface area (Å²) in [5.74, 6) is 0.388. The molecule has 0 radical (unpaired) electrons. The van der Waals surface area contributed by atoms with E-state index in [-0.39, 0.29) is 17.4 Å². The highest BCUT2D eigenvalue weighted by molar-refractivity contribution is 7.92. The lowest BCUT2D eigenvalue weighted by Gasteiger charge is -2.37. The van der Waals surface area contributed by atoms with Gasteiger partial charge in [0.05, 0.1) is 4.90 Å². The lowest BCUT2D eigenvalue weighted by Crippen LogP contribution is -2.50. The Balaban J connectivity index is 1.33. The standard InChI is InChI=1S/C27H30ClN3O4S/c1-19-5-4-6-25(21(19)3)30-13-15-31(16-14-30)27(32)18-35-26-12-11-24(17-20(26)2)36(33,34)29-23-9-7-22(28)8-10-23/h4-12,17,29H,13-16,18H2,1-3H3. The van der Waals surface area contributed by atoms with E-state index in [1.54, 1.807) is 37.3 Å². The highest BCUT2D eigenvalue weighted by Gasteiger charge is 2.23. The third-order valence-electron chi connectivity index (χ3n) is 6.45. The van der Waals surface area contributed by atoms with E-state index in [9.17, 15) is 13.2 Å². The van der Waals surface area contributed by atoms with Crippen LogP contribution in [0.5, 0.6) is 5.75 Å². The number of ether oxygens (including phenoxy) is 1. The van der Waals surface area contributed by atoms with E-state index in [2.05, 4.69) is 41.7 Å². The quantitative estimate of drug-likeness (QED) is 0.478. The first-order chi connectivity index (χ1) is 17.1. The molecule has 36 heavy (non-hydrogen) atoms. The van der Waals surface area contributed by atoms with E-state index < -0.39 is 10.0 Å². The summed E-state index contributed by atoms with van der Waals surface area (Å²) in [5, 5.41) is 0.521. The van der Waals surface area contributed by atoms with Gasteiger partial charge < -0.3 is 14.5 Å². The number of piperazine rings is 1. The van der Waals surface area contributed by atoms with Gasteiger partial charge in [-0.25, -0.2) is 8.42 Å². The van der Waals surface area contributed by atoms with Crippen LogP contribution in [-0.4, -0.2) is 52.0 Å². The molecule has 1 N–H and O–H groups in total. The third-order valence-corrected chi connectivity index (χ3v) is 8.08. The number of rotatable bonds is 7. The SMILES string of the molecule is Cc1cc(S(=O)(=O)Nc2ccc(Cl)cc2)ccc1OCC(=O)N1CCN(c2cccc(C)c2C)CC1. The van der Waals surface area contributed by atoms with Crippen LogP contribution in [0.2, 0.25) is 5.02 Å². The maximum atomic E-state index is 12.8. The van der Waals surface area contributed by atoms with Crippen molar-refractivity contribution in [1.29, 1.82) is 0 Å². The number of nitrogens with zero attached hydrogens (tertiary/aromatic N) is 2. The molecule has 0 aromatic heterocycles. The van der Waals surface area contributed by atoms with Crippen molar-refractivity contribution < 1.29 is 17.9 Å². The number of carbonyl (C=O) groups excluding carboxylic acids is 1. The molecule has 1 fully saturated rings. The summed E-state index contributed by atoms with van der Waals surface area (Å²) >= 11 is 5.86. The van der Waals surface area contributed by atoms with Gasteiger partial charge in [-0.15, -0.1) is 0 Å². The number of carbonyl (C=O) groups is 1. The second kappa shape index (κ2) is 10.8. The van der Waals surface area contributed by atoms with Gasteiger partial charge in [-0.1, -0.05) is 23.7 Å². The number of hydrogen-bond acceptors (Lipinski definition) is 5. The van der Waals surface area contributed by atoms with E-state index in [0.717, 1.165) is 13.1 Å². The summed E-state index contributed by atoms with van der Waals surface area (Å²) in [4.78, 5) is 17.0. The number of benzene rings is 3. The van der Waals surface area contributed by atoms with Gasteiger partial charge in [-0.3, -0.25) is 9.52 Å². The first-order valence-corrected chi connectivity index (χ1v) is 13.6. The summed E-state index contributed by atoms with van der Waals surface area (Å²) in [5.41, 5.74) is 4.79. The first-order valence-electron chi connectivity index (χ1n) is 11.7. The Morgan fingerprint density at radius 1 is 0.944 bits per heavy atom. The van der Waals surface area contributed by atoms with Crippen molar-refractivity contribution in [2.45, 2.75) is 25.7 Å². The fourth-order valence-electron chi connectivity index (χ4n) is 4.19. The molecule has 190 valence electrons. The monoisotopic (exact) mass is 527 g/mol. The molecule has 3 aromatic rings. The van der Waals surface area contributed by atoms with Crippen LogP contribution >= 0.6 is 11.6 Å². The summed E-state index contributed by atoms with van der Waals surface area (Å²) < 4.78 is 33.8. The van der Waals surface area contributed by atoms with Crippen LogP contribution in [0.1, 0.15) is 16.7 Å². The van der Waals surface area contributed by atoms with Gasteiger partial charge in [0.25, 0.3) is 15.9 Å². The Labute approximate surface area is 217 Å². The minimum atomic E-state index is -3.78. The highest BCUT2D eigenvalue weighted by Crippen LogP contribution is 2.26. The van der Waals surface area contributed by atoms with Crippen LogP contribution in [0.25, 0.3) is 0 Å². The van der Waals surface area contributed by atoms with Gasteiger partial charge >= 0.3 is 0 Å². The van der Waals surface area contributed by atoms with E-state index in [1.807, 2.05) is 4.90 Å². The zero-order valence-electron chi connectivity index (χ0n) is 20.6. The number of anilines is 2. The van der Waals surface area contributed by atoms with Crippen molar-refractivity contribution >= 4 is 38.9 Å². The Hall–Kier alpha value is -3.23. The predicted molar refractivity (Wildman–Crippen MR) is 144 cm³/mol. The van der Waals surface area contributed by atoms with Crippen molar-refractivity contribution in [2.24, 2.45) is 0 Å². The molecule has 0 saturated carbocycles. The summed E-state index contributed by atoms with van der Waals surface area (Å²) in [6, 6.07) is 17.3. The molecule has 3 aromatic carbocycles. The highest BCUT2D eigenvalue weighted by atomic mass is 35.5. The van der Waals surface area contributed by atoms with Crippen LogP contribution in [-0.2, 0) is 14.8 Å². The third kappa shape index (κ3) is 5.94. The minimum Gasteiger partial charge on any atom is -0.483 e. The number of amides is 1. The molecule has 0 bridgehead atoms. The van der Waals surface area contributed by atoms with Crippen LogP contribution in [0, 0.1) is 20.8 Å². The molecule has 0 atom stereocenters. The normalized spacial score (nSPS) is 14.0. The molecule has 1 saturated heterocycles. The maximum Gasteiger partial charge on any atom is 0.261 e. The molecule has 0 aliphatic carbocycles. The number of nitrogens with one attached hydrogen (secondary N) is 1. The Bertz CT molecular complexity index is 1350. The average Bonchev–Trinajstić information content (AvgIpc) is 2.86. The lowest BCUT2D eigenvalue weighted by molar-refractivity contribution is -0.133. The van der Waals surface area contributed by atoms with Crippen molar-refractivity contribution in [3.63, 3.8) is 0 Å². The molecule has 7 nitrogen and oxygen atoms in total. The van der Waals surface area contributed by atoms with E-state index >= 15 is 0 Å². The average molecular weight is 528 g/mol. The van der Waals surface area contributed by atoms with Gasteiger partial charge in [0, 0.05) is 42.6 Å². The molecule has 1 aliphatic rings. The number of hydrogen-bond donors (Lipinski definition) is 1. The molecule has 1 heterocycles. The van der Waals surface area contributed by atoms with E-state index in [4.69, 9.17) is 16.3 Å². The van der Waals surface area contributed by atoms with E-state index in [0.29, 0.717) is 35.1 Å². The van der Waals surface area contributed by atoms with Crippen molar-refractivity contribution in [3.05, 3.63) is 82.4 Å². The zero-order chi connectivity index (χ0) is 25.9. The molecular formula is C27H30ClN3O4S. The largest absolute Gasteiger partial charge is 0.483 e. The maximum absolute atomic E-state index is 12.8. The van der Waals surface area contributed by atoms with Crippen LogP contribution in [0.15, 0.2) is 65.6 Å². The van der Waals surface area contributed by atoms with Crippen molar-refractivity contribution in [1.82, 2.24) is 4.90 Å². The van der Waals surface area contributed by atoms with Crippen LogP contribution in [0.3, 0.4) is 0 Å². The van der Waals surface area contributed by atoms with Gasteiger partial charge in [0.15, 0.2) is 6.61 Å². The van der Waals surface area contributed by atoms with Crippen LogP contribution < -0.4 is 14.4 Å². The molecule has 0 spiro atoms. The topological polar surface area (TPSA) is 78.9 Å². The molecule has 0 unspecified atom stereocenters. The Morgan fingerprint density at radius 2 is 1.64 bits per heavy atom. The second-order valence-electron chi connectivity index (χ2n) is 8.92. The molecule has 9 heteroatoms. The summed E-state index contributed by atoms with van der Waals surface area (Å²) in [6.45, 7) is 8.68. The predicted octanol–water partition coefficient (Wildman–Crippen LogP) is 4.79. The molecular weight excluding hydrogens is 498 g/mol. The number of sulfonamides is 1.